The normalized spacial score (nSPS) is 11.1. The van der Waals surface area contributed by atoms with E-state index in [1.54, 1.807) is 11.3 Å². The van der Waals surface area contributed by atoms with Crippen LogP contribution in [0.4, 0.5) is 8.78 Å². The van der Waals surface area contributed by atoms with Crippen LogP contribution in [-0.2, 0) is 12.8 Å². The molecular formula is C15H18F2IN3S. The highest BCUT2D eigenvalue weighted by molar-refractivity contribution is 14.0. The van der Waals surface area contributed by atoms with Crippen LogP contribution in [0, 0.1) is 11.6 Å². The average Bonchev–Trinajstić information content (AvgIpc) is 2.96. The molecule has 120 valence electrons. The highest BCUT2D eigenvalue weighted by atomic mass is 127. The van der Waals surface area contributed by atoms with Crippen molar-refractivity contribution in [1.82, 2.24) is 5.32 Å². The molecule has 0 saturated carbocycles. The predicted octanol–water partition coefficient (Wildman–Crippen LogP) is 3.33. The molecule has 0 unspecified atom stereocenters. The number of rotatable bonds is 6. The summed E-state index contributed by atoms with van der Waals surface area (Å²) >= 11 is 1.68. The Hall–Kier alpha value is -1.22. The number of hydrogen-bond acceptors (Lipinski definition) is 2. The van der Waals surface area contributed by atoms with E-state index in [1.165, 1.54) is 10.9 Å². The SMILES string of the molecule is I.NC(=NCCc1cccs1)NCCc1cc(F)ccc1F. The van der Waals surface area contributed by atoms with Gasteiger partial charge in [-0.2, -0.15) is 0 Å². The molecule has 3 N–H and O–H groups in total. The lowest BCUT2D eigenvalue weighted by molar-refractivity contribution is 0.583. The van der Waals surface area contributed by atoms with Gasteiger partial charge in [-0.25, -0.2) is 8.78 Å². The number of guanidine groups is 1. The summed E-state index contributed by atoms with van der Waals surface area (Å²) in [6.45, 7) is 1.02. The van der Waals surface area contributed by atoms with Gasteiger partial charge in [0.15, 0.2) is 5.96 Å². The Balaban J connectivity index is 0.00000242. The van der Waals surface area contributed by atoms with E-state index in [0.29, 0.717) is 31.0 Å². The average molecular weight is 437 g/mol. The van der Waals surface area contributed by atoms with Gasteiger partial charge in [0.25, 0.3) is 0 Å². The van der Waals surface area contributed by atoms with E-state index in [4.69, 9.17) is 5.73 Å². The lowest BCUT2D eigenvalue weighted by Gasteiger charge is -2.06. The molecule has 22 heavy (non-hydrogen) atoms. The molecule has 0 atom stereocenters. The quantitative estimate of drug-likeness (QED) is 0.414. The van der Waals surface area contributed by atoms with Gasteiger partial charge in [0.05, 0.1) is 0 Å². The van der Waals surface area contributed by atoms with Crippen molar-refractivity contribution in [3.8, 4) is 0 Å². The maximum absolute atomic E-state index is 13.4. The van der Waals surface area contributed by atoms with Crippen LogP contribution in [0.1, 0.15) is 10.4 Å². The highest BCUT2D eigenvalue weighted by Gasteiger charge is 2.03. The molecule has 0 fully saturated rings. The molecule has 3 nitrogen and oxygen atoms in total. The van der Waals surface area contributed by atoms with E-state index < -0.39 is 11.6 Å². The Kier molecular flexibility index (Phi) is 8.32. The first-order chi connectivity index (χ1) is 10.1. The first kappa shape index (κ1) is 18.8. The lowest BCUT2D eigenvalue weighted by Crippen LogP contribution is -2.33. The maximum Gasteiger partial charge on any atom is 0.188 e. The van der Waals surface area contributed by atoms with Gasteiger partial charge in [-0.15, -0.1) is 35.3 Å². The molecule has 1 aromatic carbocycles. The van der Waals surface area contributed by atoms with E-state index >= 15 is 0 Å². The first-order valence-corrected chi connectivity index (χ1v) is 7.53. The van der Waals surface area contributed by atoms with E-state index in [1.807, 2.05) is 11.4 Å². The monoisotopic (exact) mass is 437 g/mol. The fourth-order valence-corrected chi connectivity index (χ4v) is 2.56. The molecule has 0 spiro atoms. The van der Waals surface area contributed by atoms with Gasteiger partial charge in [-0.1, -0.05) is 6.07 Å². The Morgan fingerprint density at radius 1 is 1.23 bits per heavy atom. The van der Waals surface area contributed by atoms with Gasteiger partial charge >= 0.3 is 0 Å². The summed E-state index contributed by atoms with van der Waals surface area (Å²) in [5.41, 5.74) is 6.05. The van der Waals surface area contributed by atoms with Crippen LogP contribution in [0.2, 0.25) is 0 Å². The number of hydrogen-bond donors (Lipinski definition) is 2. The molecule has 2 rings (SSSR count). The third kappa shape index (κ3) is 6.27. The number of nitrogens with zero attached hydrogens (tertiary/aromatic N) is 1. The number of halogens is 3. The van der Waals surface area contributed by atoms with Gasteiger partial charge in [-0.05, 0) is 41.6 Å². The molecular weight excluding hydrogens is 419 g/mol. The van der Waals surface area contributed by atoms with Crippen LogP contribution in [0.25, 0.3) is 0 Å². The zero-order chi connectivity index (χ0) is 15.1. The van der Waals surface area contributed by atoms with Crippen molar-refractivity contribution in [1.29, 1.82) is 0 Å². The molecule has 7 heteroatoms. The molecule has 1 heterocycles. The number of nitrogens with two attached hydrogens (primary N) is 1. The molecule has 1 aromatic heterocycles. The van der Waals surface area contributed by atoms with Crippen molar-refractivity contribution in [2.24, 2.45) is 10.7 Å². The molecule has 0 bridgehead atoms. The second kappa shape index (κ2) is 9.73. The molecule has 0 aliphatic heterocycles. The van der Waals surface area contributed by atoms with Crippen molar-refractivity contribution in [2.75, 3.05) is 13.1 Å². The number of thiophene rings is 1. The molecule has 0 saturated heterocycles. The summed E-state index contributed by atoms with van der Waals surface area (Å²) in [6, 6.07) is 7.48. The predicted molar refractivity (Wildman–Crippen MR) is 98.0 cm³/mol. The summed E-state index contributed by atoms with van der Waals surface area (Å²) in [6.07, 6.45) is 1.20. The summed E-state index contributed by atoms with van der Waals surface area (Å²) in [7, 11) is 0. The van der Waals surface area contributed by atoms with Crippen LogP contribution >= 0.6 is 35.3 Å². The van der Waals surface area contributed by atoms with Crippen LogP contribution in [-0.4, -0.2) is 19.0 Å². The molecule has 0 radical (unpaired) electrons. The number of nitrogens with one attached hydrogen (secondary N) is 1. The van der Waals surface area contributed by atoms with Crippen molar-refractivity contribution in [2.45, 2.75) is 12.8 Å². The lowest BCUT2D eigenvalue weighted by atomic mass is 10.1. The maximum atomic E-state index is 13.4. The minimum atomic E-state index is -0.441. The summed E-state index contributed by atoms with van der Waals surface area (Å²) in [4.78, 5) is 5.45. The van der Waals surface area contributed by atoms with E-state index in [-0.39, 0.29) is 24.0 Å². The van der Waals surface area contributed by atoms with Gasteiger partial charge in [0.1, 0.15) is 11.6 Å². The molecule has 2 aromatic rings. The summed E-state index contributed by atoms with van der Waals surface area (Å²) < 4.78 is 26.4. The standard InChI is InChI=1S/C15H17F2N3S.HI/c16-12-3-4-14(17)11(10-12)5-7-19-15(18)20-8-6-13-2-1-9-21-13;/h1-4,9-10H,5-8H2,(H3,18,19,20);1H. The topological polar surface area (TPSA) is 50.4 Å². The Morgan fingerprint density at radius 2 is 2.05 bits per heavy atom. The number of benzene rings is 1. The Labute approximate surface area is 149 Å². The molecule has 0 amide bonds. The highest BCUT2D eigenvalue weighted by Crippen LogP contribution is 2.10. The van der Waals surface area contributed by atoms with Crippen LogP contribution in [0.15, 0.2) is 40.7 Å². The minimum absolute atomic E-state index is 0. The largest absolute Gasteiger partial charge is 0.370 e. The van der Waals surface area contributed by atoms with Gasteiger partial charge < -0.3 is 11.1 Å². The van der Waals surface area contributed by atoms with Crippen molar-refractivity contribution in [3.63, 3.8) is 0 Å². The smallest absolute Gasteiger partial charge is 0.188 e. The minimum Gasteiger partial charge on any atom is -0.370 e. The van der Waals surface area contributed by atoms with Gasteiger partial charge in [-0.3, -0.25) is 4.99 Å². The van der Waals surface area contributed by atoms with Gasteiger partial charge in [0, 0.05) is 24.4 Å². The van der Waals surface area contributed by atoms with E-state index in [9.17, 15) is 8.78 Å². The third-order valence-corrected chi connectivity index (χ3v) is 3.86. The van der Waals surface area contributed by atoms with Crippen molar-refractivity contribution >= 4 is 41.3 Å². The zero-order valence-electron chi connectivity index (χ0n) is 11.9. The van der Waals surface area contributed by atoms with E-state index in [2.05, 4.69) is 16.4 Å². The molecule has 0 aliphatic rings. The van der Waals surface area contributed by atoms with Crippen LogP contribution < -0.4 is 11.1 Å². The summed E-state index contributed by atoms with van der Waals surface area (Å²) in [5, 5.41) is 4.92. The van der Waals surface area contributed by atoms with Crippen LogP contribution in [0.5, 0.6) is 0 Å². The molecule has 0 aliphatic carbocycles. The second-order valence-corrected chi connectivity index (χ2v) is 5.54. The Morgan fingerprint density at radius 3 is 2.77 bits per heavy atom. The zero-order valence-corrected chi connectivity index (χ0v) is 15.0. The van der Waals surface area contributed by atoms with Crippen LogP contribution in [0.3, 0.4) is 0 Å². The second-order valence-electron chi connectivity index (χ2n) is 4.51. The van der Waals surface area contributed by atoms with E-state index in [0.717, 1.165) is 18.6 Å². The fraction of sp³-hybridized carbons (Fsp3) is 0.267. The Bertz CT molecular complexity index is 603. The van der Waals surface area contributed by atoms with Gasteiger partial charge in [0.2, 0.25) is 0 Å². The number of aliphatic imine (C=N–C) groups is 1. The first-order valence-electron chi connectivity index (χ1n) is 6.65. The summed E-state index contributed by atoms with van der Waals surface area (Å²) in [5.74, 6) is -0.529. The third-order valence-electron chi connectivity index (χ3n) is 2.93. The van der Waals surface area contributed by atoms with Crippen molar-refractivity contribution in [3.05, 3.63) is 57.8 Å². The fourth-order valence-electron chi connectivity index (χ4n) is 1.86. The van der Waals surface area contributed by atoms with Crippen molar-refractivity contribution < 1.29 is 8.78 Å².